The van der Waals surface area contributed by atoms with E-state index in [-0.39, 0.29) is 0 Å². The summed E-state index contributed by atoms with van der Waals surface area (Å²) < 4.78 is 0. The van der Waals surface area contributed by atoms with Gasteiger partial charge in [-0.3, -0.25) is 4.99 Å². The fourth-order valence-electron chi connectivity index (χ4n) is 1.17. The average molecular weight is 147 g/mol. The van der Waals surface area contributed by atoms with E-state index in [0.29, 0.717) is 0 Å². The van der Waals surface area contributed by atoms with Gasteiger partial charge >= 0.3 is 0 Å². The van der Waals surface area contributed by atoms with E-state index in [4.69, 9.17) is 0 Å². The maximum absolute atomic E-state index is 4.11. The second kappa shape index (κ2) is 3.33. The first-order valence-corrected chi connectivity index (χ1v) is 3.75. The predicted octanol–water partition coefficient (Wildman–Crippen LogP) is 2.52. The zero-order valence-corrected chi connectivity index (χ0v) is 7.09. The maximum Gasteiger partial charge on any atom is 0.0634 e. The van der Waals surface area contributed by atoms with E-state index in [2.05, 4.69) is 30.6 Å². The summed E-state index contributed by atoms with van der Waals surface area (Å²) in [6, 6.07) is 0. The van der Waals surface area contributed by atoms with Crippen LogP contribution in [-0.2, 0) is 0 Å². The average Bonchev–Trinajstić information content (AvgIpc) is 2.39. The summed E-state index contributed by atoms with van der Waals surface area (Å²) in [5, 5.41) is 0. The van der Waals surface area contributed by atoms with Crippen LogP contribution in [-0.4, -0.2) is 12.8 Å². The van der Waals surface area contributed by atoms with Crippen molar-refractivity contribution in [2.75, 3.05) is 7.05 Å². The normalized spacial score (nSPS) is 17.8. The van der Waals surface area contributed by atoms with Crippen LogP contribution in [0.3, 0.4) is 0 Å². The Hall–Kier alpha value is -1.11. The monoisotopic (exact) mass is 147 g/mol. The van der Waals surface area contributed by atoms with E-state index in [1.807, 2.05) is 0 Å². The van der Waals surface area contributed by atoms with Crippen LogP contribution >= 0.6 is 0 Å². The maximum atomic E-state index is 4.11. The molecule has 0 fully saturated rings. The fourth-order valence-corrected chi connectivity index (χ4v) is 1.17. The molecule has 0 saturated heterocycles. The minimum Gasteiger partial charge on any atom is -0.288 e. The third kappa shape index (κ3) is 1.67. The molecule has 1 aliphatic rings. The zero-order chi connectivity index (χ0) is 8.27. The highest BCUT2D eigenvalue weighted by Crippen LogP contribution is 2.17. The molecular weight excluding hydrogens is 134 g/mol. The standard InChI is InChI=1S/C10H13N/c1-4-10(11-3)9-6-5-8(2)7-9/h4,6-7H,1,5H2,2-3H3. The Morgan fingerprint density at radius 1 is 1.73 bits per heavy atom. The zero-order valence-electron chi connectivity index (χ0n) is 7.09. The smallest absolute Gasteiger partial charge is 0.0634 e. The lowest BCUT2D eigenvalue weighted by molar-refractivity contribution is 1.25. The van der Waals surface area contributed by atoms with Gasteiger partial charge in [0.05, 0.1) is 5.71 Å². The Balaban J connectivity index is 2.84. The van der Waals surface area contributed by atoms with Crippen LogP contribution in [0.15, 0.2) is 40.9 Å². The van der Waals surface area contributed by atoms with Gasteiger partial charge in [-0.05, 0) is 25.0 Å². The van der Waals surface area contributed by atoms with Crippen LogP contribution in [0.4, 0.5) is 0 Å². The summed E-state index contributed by atoms with van der Waals surface area (Å²) in [6.45, 7) is 5.83. The highest BCUT2D eigenvalue weighted by atomic mass is 14.7. The third-order valence-electron chi connectivity index (χ3n) is 1.78. The summed E-state index contributed by atoms with van der Waals surface area (Å²) in [5.74, 6) is 0. The van der Waals surface area contributed by atoms with Crippen molar-refractivity contribution in [1.82, 2.24) is 0 Å². The van der Waals surface area contributed by atoms with Crippen LogP contribution in [0.1, 0.15) is 13.3 Å². The molecule has 0 bridgehead atoms. The number of hydrogen-bond donors (Lipinski definition) is 0. The van der Waals surface area contributed by atoms with Gasteiger partial charge in [-0.15, -0.1) is 0 Å². The molecule has 0 saturated carbocycles. The quantitative estimate of drug-likeness (QED) is 0.532. The molecule has 0 aliphatic heterocycles. The predicted molar refractivity (Wildman–Crippen MR) is 50.0 cm³/mol. The molecule has 0 aromatic heterocycles. The molecule has 0 amide bonds. The van der Waals surface area contributed by atoms with Gasteiger partial charge in [-0.1, -0.05) is 24.3 Å². The Kier molecular flexibility index (Phi) is 2.42. The van der Waals surface area contributed by atoms with E-state index in [0.717, 1.165) is 12.1 Å². The molecule has 1 nitrogen and oxygen atoms in total. The molecular formula is C10H13N. The Bertz CT molecular complexity index is 254. The minimum absolute atomic E-state index is 0.988. The number of aliphatic imine (C=N–C) groups is 1. The topological polar surface area (TPSA) is 12.4 Å². The first kappa shape index (κ1) is 7.99. The summed E-state index contributed by atoms with van der Waals surface area (Å²) in [6.07, 6.45) is 7.19. The first-order valence-electron chi connectivity index (χ1n) is 3.75. The Labute approximate surface area is 67.8 Å². The van der Waals surface area contributed by atoms with E-state index >= 15 is 0 Å². The second-order valence-electron chi connectivity index (χ2n) is 2.67. The lowest BCUT2D eigenvalue weighted by Crippen LogP contribution is -1.93. The molecule has 0 aromatic rings. The number of hydrogen-bond acceptors (Lipinski definition) is 1. The van der Waals surface area contributed by atoms with Gasteiger partial charge in [0.15, 0.2) is 0 Å². The molecule has 1 aliphatic carbocycles. The number of rotatable bonds is 2. The summed E-state index contributed by atoms with van der Waals surface area (Å²) in [7, 11) is 1.79. The van der Waals surface area contributed by atoms with Crippen molar-refractivity contribution >= 4 is 5.71 Å². The van der Waals surface area contributed by atoms with E-state index in [1.165, 1.54) is 11.1 Å². The van der Waals surface area contributed by atoms with Gasteiger partial charge < -0.3 is 0 Å². The summed E-state index contributed by atoms with van der Waals surface area (Å²) >= 11 is 0. The third-order valence-corrected chi connectivity index (χ3v) is 1.78. The molecule has 0 aromatic carbocycles. The summed E-state index contributed by atoms with van der Waals surface area (Å²) in [4.78, 5) is 4.11. The van der Waals surface area contributed by atoms with E-state index < -0.39 is 0 Å². The Morgan fingerprint density at radius 3 is 2.82 bits per heavy atom. The molecule has 58 valence electrons. The van der Waals surface area contributed by atoms with Crippen LogP contribution in [0, 0.1) is 0 Å². The molecule has 0 unspecified atom stereocenters. The van der Waals surface area contributed by atoms with Crippen LogP contribution in [0.25, 0.3) is 0 Å². The van der Waals surface area contributed by atoms with E-state index in [1.54, 1.807) is 13.1 Å². The van der Waals surface area contributed by atoms with E-state index in [9.17, 15) is 0 Å². The molecule has 1 rings (SSSR count). The SMILES string of the molecule is C=CC(=NC)C1=CCC(C)=C1. The van der Waals surface area contributed by atoms with Crippen molar-refractivity contribution in [3.8, 4) is 0 Å². The van der Waals surface area contributed by atoms with Gasteiger partial charge in [-0.25, -0.2) is 0 Å². The van der Waals surface area contributed by atoms with Crippen molar-refractivity contribution in [3.05, 3.63) is 36.0 Å². The van der Waals surface area contributed by atoms with Crippen molar-refractivity contribution in [2.45, 2.75) is 13.3 Å². The second-order valence-corrected chi connectivity index (χ2v) is 2.67. The van der Waals surface area contributed by atoms with Crippen molar-refractivity contribution < 1.29 is 0 Å². The summed E-state index contributed by atoms with van der Waals surface area (Å²) in [5.41, 5.74) is 3.59. The van der Waals surface area contributed by atoms with Gasteiger partial charge in [0.1, 0.15) is 0 Å². The molecule has 0 heterocycles. The van der Waals surface area contributed by atoms with Crippen LogP contribution < -0.4 is 0 Å². The fraction of sp³-hybridized carbons (Fsp3) is 0.300. The molecule has 0 atom stereocenters. The first-order chi connectivity index (χ1) is 5.27. The molecule has 1 heteroatoms. The molecule has 0 N–H and O–H groups in total. The van der Waals surface area contributed by atoms with Gasteiger partial charge in [0.25, 0.3) is 0 Å². The van der Waals surface area contributed by atoms with Crippen LogP contribution in [0.2, 0.25) is 0 Å². The lowest BCUT2D eigenvalue weighted by Gasteiger charge is -1.95. The number of nitrogens with zero attached hydrogens (tertiary/aromatic N) is 1. The molecule has 0 spiro atoms. The Morgan fingerprint density at radius 2 is 2.45 bits per heavy atom. The van der Waals surface area contributed by atoms with Crippen molar-refractivity contribution in [2.24, 2.45) is 4.99 Å². The minimum atomic E-state index is 0.988. The lowest BCUT2D eigenvalue weighted by atomic mass is 10.1. The highest BCUT2D eigenvalue weighted by molar-refractivity contribution is 6.10. The number of allylic oxidation sites excluding steroid dienone is 5. The molecule has 0 radical (unpaired) electrons. The largest absolute Gasteiger partial charge is 0.288 e. The van der Waals surface area contributed by atoms with Crippen LogP contribution in [0.5, 0.6) is 0 Å². The molecule has 11 heavy (non-hydrogen) atoms. The van der Waals surface area contributed by atoms with Crippen molar-refractivity contribution in [3.63, 3.8) is 0 Å². The highest BCUT2D eigenvalue weighted by Gasteiger charge is 2.05. The van der Waals surface area contributed by atoms with Gasteiger partial charge in [-0.2, -0.15) is 0 Å². The van der Waals surface area contributed by atoms with Gasteiger partial charge in [0.2, 0.25) is 0 Å². The van der Waals surface area contributed by atoms with Gasteiger partial charge in [0, 0.05) is 7.05 Å². The van der Waals surface area contributed by atoms with Crippen molar-refractivity contribution in [1.29, 1.82) is 0 Å².